The van der Waals surface area contributed by atoms with E-state index in [1.807, 2.05) is 0 Å². The van der Waals surface area contributed by atoms with Gasteiger partial charge in [0.2, 0.25) is 0 Å². The molecule has 0 fully saturated rings. The van der Waals surface area contributed by atoms with Crippen LogP contribution in [-0.2, 0) is 0 Å². The minimum Gasteiger partial charge on any atom is -0.306 e. The van der Waals surface area contributed by atoms with Crippen LogP contribution in [0.25, 0.3) is 0 Å². The fraction of sp³-hybridized carbons (Fsp3) is 0. The van der Waals surface area contributed by atoms with E-state index in [9.17, 15) is 18.0 Å². The molecule has 98 valence electrons. The minimum atomic E-state index is -0.990. The molecular weight excluding hydrogens is 325 g/mol. The van der Waals surface area contributed by atoms with Crippen LogP contribution >= 0.6 is 15.9 Å². The number of halogens is 4. The number of anilines is 1. The minimum absolute atomic E-state index is 0.0372. The Balaban J connectivity index is 2.25. The van der Waals surface area contributed by atoms with Gasteiger partial charge in [0, 0.05) is 6.07 Å². The van der Waals surface area contributed by atoms with Gasteiger partial charge in [-0.15, -0.1) is 0 Å². The van der Waals surface area contributed by atoms with Gasteiger partial charge >= 0.3 is 0 Å². The summed E-state index contributed by atoms with van der Waals surface area (Å²) in [5.41, 5.74) is -0.334. The second-order valence-electron chi connectivity index (χ2n) is 3.56. The van der Waals surface area contributed by atoms with Crippen LogP contribution in [0, 0.1) is 17.5 Å². The van der Waals surface area contributed by atoms with E-state index in [4.69, 9.17) is 0 Å². The van der Waals surface area contributed by atoms with Crippen LogP contribution in [-0.4, -0.2) is 10.9 Å². The third-order valence-electron chi connectivity index (χ3n) is 2.22. The first-order chi connectivity index (χ1) is 8.97. The quantitative estimate of drug-likeness (QED) is 0.915. The first kappa shape index (κ1) is 13.5. The molecule has 0 aliphatic heterocycles. The SMILES string of the molecule is O=C(Nc1ncc(F)cc1Br)c1ccc(F)cc1F. The summed E-state index contributed by atoms with van der Waals surface area (Å²) >= 11 is 3.01. The number of amides is 1. The molecule has 19 heavy (non-hydrogen) atoms. The Hall–Kier alpha value is -1.89. The Labute approximate surface area is 114 Å². The third kappa shape index (κ3) is 3.11. The van der Waals surface area contributed by atoms with Gasteiger partial charge in [-0.2, -0.15) is 0 Å². The van der Waals surface area contributed by atoms with E-state index < -0.39 is 23.4 Å². The van der Waals surface area contributed by atoms with Crippen molar-refractivity contribution in [2.75, 3.05) is 5.32 Å². The topological polar surface area (TPSA) is 42.0 Å². The standard InChI is InChI=1S/C12H6BrF3N2O/c13-9-3-7(15)5-17-11(9)18-12(19)8-2-1-6(14)4-10(8)16/h1-5H,(H,17,18,19). The van der Waals surface area contributed by atoms with Crippen molar-refractivity contribution < 1.29 is 18.0 Å². The predicted molar refractivity (Wildman–Crippen MR) is 66.2 cm³/mol. The molecule has 1 heterocycles. The second kappa shape index (κ2) is 5.40. The molecule has 0 spiro atoms. The van der Waals surface area contributed by atoms with E-state index in [0.29, 0.717) is 6.07 Å². The summed E-state index contributed by atoms with van der Waals surface area (Å²) < 4.78 is 39.1. The van der Waals surface area contributed by atoms with Crippen LogP contribution in [0.1, 0.15) is 10.4 Å². The van der Waals surface area contributed by atoms with Crippen LogP contribution < -0.4 is 5.32 Å². The van der Waals surface area contributed by atoms with Gasteiger partial charge in [-0.25, -0.2) is 18.2 Å². The number of hydrogen-bond donors (Lipinski definition) is 1. The molecule has 0 bridgehead atoms. The van der Waals surface area contributed by atoms with Gasteiger partial charge in [-0.1, -0.05) is 0 Å². The molecular formula is C12H6BrF3N2O. The summed E-state index contributed by atoms with van der Waals surface area (Å²) in [7, 11) is 0. The van der Waals surface area contributed by atoms with Gasteiger partial charge in [-0.3, -0.25) is 4.79 Å². The zero-order valence-corrected chi connectivity index (χ0v) is 10.8. The van der Waals surface area contributed by atoms with Gasteiger partial charge in [0.1, 0.15) is 23.3 Å². The largest absolute Gasteiger partial charge is 0.306 e. The van der Waals surface area contributed by atoms with E-state index in [1.54, 1.807) is 0 Å². The fourth-order valence-corrected chi connectivity index (χ4v) is 1.78. The van der Waals surface area contributed by atoms with E-state index in [1.165, 1.54) is 0 Å². The van der Waals surface area contributed by atoms with Crippen molar-refractivity contribution in [3.63, 3.8) is 0 Å². The van der Waals surface area contributed by atoms with Crippen LogP contribution in [0.5, 0.6) is 0 Å². The molecule has 0 aliphatic rings. The Kier molecular flexibility index (Phi) is 3.84. The number of benzene rings is 1. The molecule has 0 atom stereocenters. The van der Waals surface area contributed by atoms with Crippen molar-refractivity contribution in [2.45, 2.75) is 0 Å². The number of pyridine rings is 1. The summed E-state index contributed by atoms with van der Waals surface area (Å²) in [5, 5.41) is 2.29. The van der Waals surface area contributed by atoms with Gasteiger partial charge < -0.3 is 5.32 Å². The van der Waals surface area contributed by atoms with Crippen LogP contribution in [0.4, 0.5) is 19.0 Å². The lowest BCUT2D eigenvalue weighted by Gasteiger charge is -2.07. The maximum Gasteiger partial charge on any atom is 0.259 e. The zero-order chi connectivity index (χ0) is 14.0. The first-order valence-corrected chi connectivity index (χ1v) is 5.84. The molecule has 3 nitrogen and oxygen atoms in total. The summed E-state index contributed by atoms with van der Waals surface area (Å²) in [6, 6.07) is 3.67. The Morgan fingerprint density at radius 1 is 1.16 bits per heavy atom. The van der Waals surface area contributed by atoms with Crippen molar-refractivity contribution in [2.24, 2.45) is 0 Å². The van der Waals surface area contributed by atoms with Gasteiger partial charge in [0.25, 0.3) is 5.91 Å². The molecule has 0 aliphatic carbocycles. The van der Waals surface area contributed by atoms with E-state index >= 15 is 0 Å². The van der Waals surface area contributed by atoms with Crippen LogP contribution in [0.15, 0.2) is 34.9 Å². The number of rotatable bonds is 2. The number of hydrogen-bond acceptors (Lipinski definition) is 2. The highest BCUT2D eigenvalue weighted by molar-refractivity contribution is 9.10. The number of carbonyl (C=O) groups excluding carboxylic acids is 1. The molecule has 2 rings (SSSR count). The smallest absolute Gasteiger partial charge is 0.259 e. The normalized spacial score (nSPS) is 10.3. The predicted octanol–water partition coefficient (Wildman–Crippen LogP) is 3.51. The molecule has 1 N–H and O–H groups in total. The summed E-state index contributed by atoms with van der Waals surface area (Å²) in [5.74, 6) is -3.13. The molecule has 0 radical (unpaired) electrons. The number of nitrogens with zero attached hydrogens (tertiary/aromatic N) is 1. The van der Waals surface area contributed by atoms with Crippen LogP contribution in [0.2, 0.25) is 0 Å². The lowest BCUT2D eigenvalue weighted by atomic mass is 10.2. The second-order valence-corrected chi connectivity index (χ2v) is 4.42. The molecule has 0 saturated heterocycles. The monoisotopic (exact) mass is 330 g/mol. The molecule has 0 saturated carbocycles. The average molecular weight is 331 g/mol. The van der Waals surface area contributed by atoms with Crippen molar-refractivity contribution in [3.8, 4) is 0 Å². The van der Waals surface area contributed by atoms with Gasteiger partial charge in [-0.05, 0) is 34.1 Å². The van der Waals surface area contributed by atoms with Crippen LogP contribution in [0.3, 0.4) is 0 Å². The van der Waals surface area contributed by atoms with Crippen molar-refractivity contribution in [1.82, 2.24) is 4.98 Å². The summed E-state index contributed by atoms with van der Waals surface area (Å²) in [4.78, 5) is 15.4. The van der Waals surface area contributed by atoms with E-state index in [-0.39, 0.29) is 15.9 Å². The molecule has 1 amide bonds. The van der Waals surface area contributed by atoms with Crippen molar-refractivity contribution in [1.29, 1.82) is 0 Å². The van der Waals surface area contributed by atoms with Gasteiger partial charge in [0.15, 0.2) is 0 Å². The van der Waals surface area contributed by atoms with E-state index in [0.717, 1.165) is 24.4 Å². The fourth-order valence-electron chi connectivity index (χ4n) is 1.36. The zero-order valence-electron chi connectivity index (χ0n) is 9.25. The lowest BCUT2D eigenvalue weighted by Crippen LogP contribution is -2.15. The lowest BCUT2D eigenvalue weighted by molar-refractivity contribution is 0.102. The summed E-state index contributed by atoms with van der Waals surface area (Å²) in [6.45, 7) is 0. The molecule has 0 unspecified atom stereocenters. The third-order valence-corrected chi connectivity index (χ3v) is 2.82. The molecule has 2 aromatic rings. The van der Waals surface area contributed by atoms with Crippen molar-refractivity contribution in [3.05, 3.63) is 58.0 Å². The number of aromatic nitrogens is 1. The Bertz CT molecular complexity index is 649. The number of nitrogens with one attached hydrogen (secondary N) is 1. The Morgan fingerprint density at radius 3 is 2.53 bits per heavy atom. The first-order valence-electron chi connectivity index (χ1n) is 5.05. The molecule has 1 aromatic heterocycles. The number of carbonyl (C=O) groups is 1. The highest BCUT2D eigenvalue weighted by Crippen LogP contribution is 2.21. The maximum atomic E-state index is 13.4. The van der Waals surface area contributed by atoms with Gasteiger partial charge in [0.05, 0.1) is 16.2 Å². The highest BCUT2D eigenvalue weighted by Gasteiger charge is 2.14. The summed E-state index contributed by atoms with van der Waals surface area (Å²) in [6.07, 6.45) is 0.904. The molecule has 1 aromatic carbocycles. The van der Waals surface area contributed by atoms with E-state index in [2.05, 4.69) is 26.2 Å². The van der Waals surface area contributed by atoms with Crippen molar-refractivity contribution >= 4 is 27.7 Å². The average Bonchev–Trinajstić information content (AvgIpc) is 2.32. The Morgan fingerprint density at radius 2 is 1.89 bits per heavy atom. The maximum absolute atomic E-state index is 13.4. The molecule has 7 heteroatoms. The highest BCUT2D eigenvalue weighted by atomic mass is 79.9.